The number of hydrogen-bond donors (Lipinski definition) is 1. The van der Waals surface area contributed by atoms with E-state index in [2.05, 4.69) is 10.3 Å². The van der Waals surface area contributed by atoms with Gasteiger partial charge in [0.1, 0.15) is 6.61 Å². The SMILES string of the molecule is CCOc1cc(C(=O)NCCCN(C)CC(F)(F)F)ccc1OCc1cccnc1. The Morgan fingerprint density at radius 2 is 2.00 bits per heavy atom. The van der Waals surface area contributed by atoms with Crippen LogP contribution in [0, 0.1) is 0 Å². The van der Waals surface area contributed by atoms with Gasteiger partial charge >= 0.3 is 6.18 Å². The van der Waals surface area contributed by atoms with Crippen molar-refractivity contribution in [1.82, 2.24) is 15.2 Å². The van der Waals surface area contributed by atoms with Gasteiger partial charge in [0.05, 0.1) is 13.2 Å². The molecule has 0 atom stereocenters. The van der Waals surface area contributed by atoms with E-state index in [1.54, 1.807) is 30.6 Å². The van der Waals surface area contributed by atoms with Crippen molar-refractivity contribution >= 4 is 5.91 Å². The van der Waals surface area contributed by atoms with Crippen LogP contribution in [-0.4, -0.2) is 55.3 Å². The second-order valence-corrected chi connectivity index (χ2v) is 6.71. The summed E-state index contributed by atoms with van der Waals surface area (Å²) in [6.07, 6.45) is -0.442. The Kier molecular flexibility index (Phi) is 8.91. The molecule has 0 spiro atoms. The van der Waals surface area contributed by atoms with E-state index in [1.165, 1.54) is 11.9 Å². The Hall–Kier alpha value is -2.81. The second-order valence-electron chi connectivity index (χ2n) is 6.71. The number of aromatic nitrogens is 1. The summed E-state index contributed by atoms with van der Waals surface area (Å²) in [5.74, 6) is 0.623. The molecule has 1 aromatic heterocycles. The van der Waals surface area contributed by atoms with Gasteiger partial charge in [-0.3, -0.25) is 14.7 Å². The van der Waals surface area contributed by atoms with Crippen LogP contribution in [0.25, 0.3) is 0 Å². The van der Waals surface area contributed by atoms with Crippen molar-refractivity contribution in [3.8, 4) is 11.5 Å². The zero-order chi connectivity index (χ0) is 22.0. The summed E-state index contributed by atoms with van der Waals surface area (Å²) in [5.41, 5.74) is 1.29. The van der Waals surface area contributed by atoms with Gasteiger partial charge in [-0.1, -0.05) is 6.07 Å². The zero-order valence-corrected chi connectivity index (χ0v) is 17.0. The first kappa shape index (κ1) is 23.5. The van der Waals surface area contributed by atoms with Crippen LogP contribution in [0.1, 0.15) is 29.3 Å². The lowest BCUT2D eigenvalue weighted by atomic mass is 10.2. The van der Waals surface area contributed by atoms with Crippen molar-refractivity contribution in [3.63, 3.8) is 0 Å². The maximum atomic E-state index is 12.4. The number of alkyl halides is 3. The minimum absolute atomic E-state index is 0.227. The molecule has 1 N–H and O–H groups in total. The third kappa shape index (κ3) is 8.28. The first-order valence-electron chi connectivity index (χ1n) is 9.60. The molecule has 0 aliphatic heterocycles. The highest BCUT2D eigenvalue weighted by Gasteiger charge is 2.28. The Morgan fingerprint density at radius 1 is 1.20 bits per heavy atom. The predicted octanol–water partition coefficient (Wildman–Crippen LogP) is 3.67. The topological polar surface area (TPSA) is 63.7 Å². The third-order valence-corrected chi connectivity index (χ3v) is 4.07. The van der Waals surface area contributed by atoms with Gasteiger partial charge in [0.25, 0.3) is 5.91 Å². The summed E-state index contributed by atoms with van der Waals surface area (Å²) < 4.78 is 48.3. The van der Waals surface area contributed by atoms with Gasteiger partial charge in [-0.25, -0.2) is 0 Å². The molecule has 164 valence electrons. The quantitative estimate of drug-likeness (QED) is 0.557. The predicted molar refractivity (Wildman–Crippen MR) is 107 cm³/mol. The van der Waals surface area contributed by atoms with Gasteiger partial charge < -0.3 is 14.8 Å². The number of rotatable bonds is 11. The number of hydrogen-bond acceptors (Lipinski definition) is 5. The number of ether oxygens (including phenoxy) is 2. The fourth-order valence-electron chi connectivity index (χ4n) is 2.72. The number of carbonyl (C=O) groups is 1. The Bertz CT molecular complexity index is 801. The Balaban J connectivity index is 1.88. The number of benzene rings is 1. The van der Waals surface area contributed by atoms with E-state index in [0.717, 1.165) is 5.56 Å². The summed E-state index contributed by atoms with van der Waals surface area (Å²) in [4.78, 5) is 17.6. The van der Waals surface area contributed by atoms with Crippen molar-refractivity contribution in [1.29, 1.82) is 0 Å². The van der Waals surface area contributed by atoms with E-state index >= 15 is 0 Å². The molecule has 2 aromatic rings. The highest BCUT2D eigenvalue weighted by atomic mass is 19.4. The molecule has 2 rings (SSSR count). The molecule has 0 radical (unpaired) electrons. The lowest BCUT2D eigenvalue weighted by Gasteiger charge is -2.18. The molecule has 0 aliphatic rings. The lowest BCUT2D eigenvalue weighted by Crippen LogP contribution is -2.33. The second kappa shape index (κ2) is 11.4. The molecule has 0 unspecified atom stereocenters. The van der Waals surface area contributed by atoms with E-state index in [1.807, 2.05) is 19.1 Å². The van der Waals surface area contributed by atoms with Crippen LogP contribution < -0.4 is 14.8 Å². The van der Waals surface area contributed by atoms with Crippen molar-refractivity contribution in [3.05, 3.63) is 53.9 Å². The average Bonchev–Trinajstić information content (AvgIpc) is 2.70. The fourth-order valence-corrected chi connectivity index (χ4v) is 2.72. The third-order valence-electron chi connectivity index (χ3n) is 4.07. The van der Waals surface area contributed by atoms with Crippen LogP contribution in [0.15, 0.2) is 42.7 Å². The standard InChI is InChI=1S/C21H26F3N3O3/c1-3-29-19-12-17(7-8-18(19)30-14-16-6-4-9-25-13-16)20(28)26-10-5-11-27(2)15-21(22,23)24/h4,6-9,12-13H,3,5,10-11,14-15H2,1-2H3,(H,26,28). The smallest absolute Gasteiger partial charge is 0.401 e. The van der Waals surface area contributed by atoms with E-state index < -0.39 is 12.7 Å². The van der Waals surface area contributed by atoms with Gasteiger partial charge in [-0.05, 0) is 51.2 Å². The molecule has 0 saturated carbocycles. The monoisotopic (exact) mass is 425 g/mol. The van der Waals surface area contributed by atoms with E-state index in [4.69, 9.17) is 9.47 Å². The largest absolute Gasteiger partial charge is 0.490 e. The average molecular weight is 425 g/mol. The normalized spacial score (nSPS) is 11.4. The Labute approximate surface area is 174 Å². The first-order chi connectivity index (χ1) is 14.3. The summed E-state index contributed by atoms with van der Waals surface area (Å²) >= 11 is 0. The first-order valence-corrected chi connectivity index (χ1v) is 9.60. The number of carbonyl (C=O) groups excluding carboxylic acids is 1. The van der Waals surface area contributed by atoms with E-state index in [-0.39, 0.29) is 19.0 Å². The number of halogens is 3. The van der Waals surface area contributed by atoms with Gasteiger partial charge in [-0.15, -0.1) is 0 Å². The molecule has 30 heavy (non-hydrogen) atoms. The van der Waals surface area contributed by atoms with Gasteiger partial charge in [-0.2, -0.15) is 13.2 Å². The summed E-state index contributed by atoms with van der Waals surface area (Å²) in [6.45, 7) is 2.06. The number of pyridine rings is 1. The molecular weight excluding hydrogens is 399 g/mol. The molecule has 1 aromatic carbocycles. The van der Waals surface area contributed by atoms with E-state index in [9.17, 15) is 18.0 Å². The van der Waals surface area contributed by atoms with Gasteiger partial charge in [0.15, 0.2) is 11.5 Å². The molecular formula is C21H26F3N3O3. The number of nitrogens with one attached hydrogen (secondary N) is 1. The minimum atomic E-state index is -4.23. The zero-order valence-electron chi connectivity index (χ0n) is 17.0. The molecule has 6 nitrogen and oxygen atoms in total. The fraction of sp³-hybridized carbons (Fsp3) is 0.429. The van der Waals surface area contributed by atoms with Crippen molar-refractivity contribution in [2.75, 3.05) is 33.3 Å². The van der Waals surface area contributed by atoms with Crippen molar-refractivity contribution in [2.24, 2.45) is 0 Å². The molecule has 1 heterocycles. The minimum Gasteiger partial charge on any atom is -0.490 e. The van der Waals surface area contributed by atoms with Crippen molar-refractivity contribution < 1.29 is 27.4 Å². The van der Waals surface area contributed by atoms with Crippen LogP contribution in [0.3, 0.4) is 0 Å². The summed E-state index contributed by atoms with van der Waals surface area (Å²) in [5, 5.41) is 2.71. The maximum absolute atomic E-state index is 12.4. The van der Waals surface area contributed by atoms with Crippen LogP contribution in [0.2, 0.25) is 0 Å². The van der Waals surface area contributed by atoms with Gasteiger partial charge in [0, 0.05) is 30.1 Å². The van der Waals surface area contributed by atoms with Crippen LogP contribution in [0.4, 0.5) is 13.2 Å². The molecule has 0 bridgehead atoms. The molecule has 0 saturated heterocycles. The molecule has 0 aliphatic carbocycles. The number of nitrogens with zero attached hydrogens (tertiary/aromatic N) is 2. The highest BCUT2D eigenvalue weighted by Crippen LogP contribution is 2.29. The highest BCUT2D eigenvalue weighted by molar-refractivity contribution is 5.94. The molecule has 1 amide bonds. The number of amides is 1. The maximum Gasteiger partial charge on any atom is 0.401 e. The van der Waals surface area contributed by atoms with Crippen molar-refractivity contribution in [2.45, 2.75) is 26.1 Å². The van der Waals surface area contributed by atoms with Gasteiger partial charge in [0.2, 0.25) is 0 Å². The lowest BCUT2D eigenvalue weighted by molar-refractivity contribution is -0.143. The summed E-state index contributed by atoms with van der Waals surface area (Å²) in [6, 6.07) is 8.57. The molecule has 9 heteroatoms. The Morgan fingerprint density at radius 3 is 2.67 bits per heavy atom. The molecule has 0 fully saturated rings. The van der Waals surface area contributed by atoms with Crippen LogP contribution in [-0.2, 0) is 6.61 Å². The van der Waals surface area contributed by atoms with Crippen LogP contribution in [0.5, 0.6) is 11.5 Å². The summed E-state index contributed by atoms with van der Waals surface area (Å²) in [7, 11) is 1.40. The van der Waals surface area contributed by atoms with Crippen LogP contribution >= 0.6 is 0 Å². The van der Waals surface area contributed by atoms with E-state index in [0.29, 0.717) is 36.7 Å².